The number of benzene rings is 1. The largest absolute Gasteiger partial charge is 0.378 e. The van der Waals surface area contributed by atoms with E-state index in [4.69, 9.17) is 16.3 Å². The second-order valence-corrected chi connectivity index (χ2v) is 6.02. The molecule has 1 aromatic rings. The van der Waals surface area contributed by atoms with Crippen LogP contribution < -0.4 is 5.32 Å². The quantitative estimate of drug-likeness (QED) is 0.866. The smallest absolute Gasteiger partial charge is 0.239 e. The molecule has 1 heterocycles. The van der Waals surface area contributed by atoms with Crippen LogP contribution in [0.25, 0.3) is 0 Å². The minimum Gasteiger partial charge on any atom is -0.378 e. The maximum atomic E-state index is 13.1. The molecule has 0 radical (unpaired) electrons. The molecule has 1 aromatic carbocycles. The van der Waals surface area contributed by atoms with Crippen molar-refractivity contribution < 1.29 is 18.7 Å². The Morgan fingerprint density at radius 3 is 2.55 bits per heavy atom. The minimum absolute atomic E-state index is 0.0879. The fourth-order valence-corrected chi connectivity index (χ4v) is 2.30. The van der Waals surface area contributed by atoms with Crippen LogP contribution in [0.1, 0.15) is 13.8 Å². The fraction of sp³-hybridized carbons (Fsp3) is 0.467. The van der Waals surface area contributed by atoms with Gasteiger partial charge in [0, 0.05) is 18.8 Å². The molecule has 120 valence electrons. The molecule has 2 amide bonds. The molecule has 0 saturated carbocycles. The summed E-state index contributed by atoms with van der Waals surface area (Å²) >= 11 is 5.68. The van der Waals surface area contributed by atoms with Crippen LogP contribution in [-0.2, 0) is 14.3 Å². The standard InChI is InChI=1S/C15H18ClFN2O3/c1-15(2,14(21)19-5-7-22-8-6-19)13(20)18-10-3-4-12(17)11(16)9-10/h3-4,9H,5-8H2,1-2H3,(H,18,20). The van der Waals surface area contributed by atoms with Gasteiger partial charge in [-0.3, -0.25) is 9.59 Å². The van der Waals surface area contributed by atoms with Crippen LogP contribution in [-0.4, -0.2) is 43.0 Å². The summed E-state index contributed by atoms with van der Waals surface area (Å²) in [6.45, 7) is 5.00. The van der Waals surface area contributed by atoms with Gasteiger partial charge in [-0.1, -0.05) is 11.6 Å². The topological polar surface area (TPSA) is 58.6 Å². The maximum absolute atomic E-state index is 13.1. The van der Waals surface area contributed by atoms with Gasteiger partial charge in [-0.05, 0) is 32.0 Å². The average Bonchev–Trinajstić information content (AvgIpc) is 2.51. The molecule has 0 aromatic heterocycles. The second-order valence-electron chi connectivity index (χ2n) is 5.61. The fourth-order valence-electron chi connectivity index (χ4n) is 2.12. The zero-order valence-corrected chi connectivity index (χ0v) is 13.2. The molecular weight excluding hydrogens is 311 g/mol. The van der Waals surface area contributed by atoms with Crippen molar-refractivity contribution in [3.8, 4) is 0 Å². The van der Waals surface area contributed by atoms with Crippen LogP contribution in [0.4, 0.5) is 10.1 Å². The van der Waals surface area contributed by atoms with Crippen molar-refractivity contribution in [3.05, 3.63) is 29.0 Å². The van der Waals surface area contributed by atoms with Gasteiger partial charge in [0.25, 0.3) is 0 Å². The lowest BCUT2D eigenvalue weighted by atomic mass is 9.90. The van der Waals surface area contributed by atoms with Crippen molar-refractivity contribution in [2.75, 3.05) is 31.6 Å². The first-order valence-electron chi connectivity index (χ1n) is 6.96. The van der Waals surface area contributed by atoms with Crippen LogP contribution in [0.15, 0.2) is 18.2 Å². The summed E-state index contributed by atoms with van der Waals surface area (Å²) in [4.78, 5) is 26.5. The molecule has 1 fully saturated rings. The summed E-state index contributed by atoms with van der Waals surface area (Å²) in [6.07, 6.45) is 0. The highest BCUT2D eigenvalue weighted by Crippen LogP contribution is 2.24. The first-order valence-corrected chi connectivity index (χ1v) is 7.34. The van der Waals surface area contributed by atoms with E-state index in [1.165, 1.54) is 12.1 Å². The Morgan fingerprint density at radius 2 is 1.95 bits per heavy atom. The van der Waals surface area contributed by atoms with Crippen LogP contribution in [0.3, 0.4) is 0 Å². The number of rotatable bonds is 3. The van der Waals surface area contributed by atoms with Gasteiger partial charge in [0.05, 0.1) is 18.2 Å². The van der Waals surface area contributed by atoms with Crippen molar-refractivity contribution in [1.29, 1.82) is 0 Å². The number of hydrogen-bond donors (Lipinski definition) is 1. The van der Waals surface area contributed by atoms with Crippen molar-refractivity contribution in [2.45, 2.75) is 13.8 Å². The SMILES string of the molecule is CC(C)(C(=O)Nc1ccc(F)c(Cl)c1)C(=O)N1CCOCC1. The first-order chi connectivity index (χ1) is 10.3. The van der Waals surface area contributed by atoms with Gasteiger partial charge in [0.1, 0.15) is 11.2 Å². The number of anilines is 1. The molecule has 1 N–H and O–H groups in total. The van der Waals surface area contributed by atoms with Gasteiger partial charge in [-0.15, -0.1) is 0 Å². The first kappa shape index (κ1) is 16.7. The van der Waals surface area contributed by atoms with Gasteiger partial charge >= 0.3 is 0 Å². The highest BCUT2D eigenvalue weighted by Gasteiger charge is 2.39. The lowest BCUT2D eigenvalue weighted by molar-refractivity contribution is -0.149. The Kier molecular flexibility index (Phi) is 5.03. The molecule has 0 unspecified atom stereocenters. The summed E-state index contributed by atoms with van der Waals surface area (Å²) in [5.41, 5.74) is -0.891. The van der Waals surface area contributed by atoms with Crippen LogP contribution in [0.2, 0.25) is 5.02 Å². The number of nitrogens with zero attached hydrogens (tertiary/aromatic N) is 1. The summed E-state index contributed by atoms with van der Waals surface area (Å²) < 4.78 is 18.3. The molecule has 7 heteroatoms. The summed E-state index contributed by atoms with van der Waals surface area (Å²) in [5.74, 6) is -1.29. The Morgan fingerprint density at radius 1 is 1.32 bits per heavy atom. The molecule has 1 saturated heterocycles. The monoisotopic (exact) mass is 328 g/mol. The van der Waals surface area contributed by atoms with E-state index in [1.807, 2.05) is 0 Å². The van der Waals surface area contributed by atoms with Crippen LogP contribution >= 0.6 is 11.6 Å². The number of amides is 2. The highest BCUT2D eigenvalue weighted by molar-refractivity contribution is 6.31. The van der Waals surface area contributed by atoms with E-state index in [-0.39, 0.29) is 10.9 Å². The van der Waals surface area contributed by atoms with Crippen molar-refractivity contribution >= 4 is 29.1 Å². The molecule has 0 spiro atoms. The number of morpholine rings is 1. The Balaban J connectivity index is 2.08. The molecule has 2 rings (SSSR count). The highest BCUT2D eigenvalue weighted by atomic mass is 35.5. The number of carbonyl (C=O) groups excluding carboxylic acids is 2. The van der Waals surface area contributed by atoms with E-state index in [9.17, 15) is 14.0 Å². The number of nitrogens with one attached hydrogen (secondary N) is 1. The lowest BCUT2D eigenvalue weighted by Gasteiger charge is -2.33. The van der Waals surface area contributed by atoms with Gasteiger partial charge < -0.3 is 15.0 Å². The van der Waals surface area contributed by atoms with Crippen molar-refractivity contribution in [1.82, 2.24) is 4.90 Å². The summed E-state index contributed by atoms with van der Waals surface area (Å²) in [7, 11) is 0. The lowest BCUT2D eigenvalue weighted by Crippen LogP contribution is -2.51. The van der Waals surface area contributed by atoms with Gasteiger partial charge in [0.15, 0.2) is 0 Å². The summed E-state index contributed by atoms with van der Waals surface area (Å²) in [6, 6.07) is 3.87. The number of ether oxygens (including phenoxy) is 1. The zero-order chi connectivity index (χ0) is 16.3. The minimum atomic E-state index is -1.24. The predicted molar refractivity (Wildman–Crippen MR) is 81.2 cm³/mol. The van der Waals surface area contributed by atoms with Crippen molar-refractivity contribution in [3.63, 3.8) is 0 Å². The molecule has 5 nitrogen and oxygen atoms in total. The van der Waals surface area contributed by atoms with Crippen LogP contribution in [0.5, 0.6) is 0 Å². The van der Waals surface area contributed by atoms with E-state index in [0.717, 1.165) is 6.07 Å². The normalized spacial score (nSPS) is 15.5. The van der Waals surface area contributed by atoms with Crippen molar-refractivity contribution in [2.24, 2.45) is 5.41 Å². The molecule has 0 bridgehead atoms. The Bertz CT molecular complexity index is 586. The molecule has 1 aliphatic heterocycles. The van der Waals surface area contributed by atoms with E-state index < -0.39 is 17.1 Å². The number of carbonyl (C=O) groups is 2. The third-order valence-corrected chi connectivity index (χ3v) is 3.87. The van der Waals surface area contributed by atoms with Gasteiger partial charge in [-0.25, -0.2) is 4.39 Å². The second kappa shape index (κ2) is 6.62. The maximum Gasteiger partial charge on any atom is 0.239 e. The Labute approximate surface area is 133 Å². The predicted octanol–water partition coefficient (Wildman–Crippen LogP) is 2.30. The van der Waals surface area contributed by atoms with E-state index in [1.54, 1.807) is 18.7 Å². The molecule has 0 aliphatic carbocycles. The molecule has 22 heavy (non-hydrogen) atoms. The van der Waals surface area contributed by atoms with Gasteiger partial charge in [0.2, 0.25) is 11.8 Å². The summed E-state index contributed by atoms with van der Waals surface area (Å²) in [5, 5.41) is 2.51. The van der Waals surface area contributed by atoms with E-state index >= 15 is 0 Å². The third kappa shape index (κ3) is 3.56. The molecular formula is C15H18ClFN2O3. The van der Waals surface area contributed by atoms with Crippen LogP contribution in [0, 0.1) is 11.2 Å². The number of hydrogen-bond acceptors (Lipinski definition) is 3. The average molecular weight is 329 g/mol. The zero-order valence-electron chi connectivity index (χ0n) is 12.5. The third-order valence-electron chi connectivity index (χ3n) is 3.58. The Hall–Kier alpha value is -1.66. The number of halogens is 2. The molecule has 0 atom stereocenters. The molecule has 1 aliphatic rings. The van der Waals surface area contributed by atoms with E-state index in [0.29, 0.717) is 32.0 Å². The van der Waals surface area contributed by atoms with Gasteiger partial charge in [-0.2, -0.15) is 0 Å². The van der Waals surface area contributed by atoms with E-state index in [2.05, 4.69) is 5.32 Å².